The smallest absolute Gasteiger partial charge is 0.0731 e. The minimum absolute atomic E-state index is 0.523. The predicted octanol–water partition coefficient (Wildman–Crippen LogP) is 4.91. The highest BCUT2D eigenvalue weighted by Crippen LogP contribution is 2.33. The average Bonchev–Trinajstić information content (AvgIpc) is 2.53. The molecule has 1 aromatic heterocycles. The van der Waals surface area contributed by atoms with Crippen LogP contribution in [0.1, 0.15) is 50.1 Å². The summed E-state index contributed by atoms with van der Waals surface area (Å²) in [5, 5.41) is 3.65. The van der Waals surface area contributed by atoms with Gasteiger partial charge < -0.3 is 5.32 Å². The molecule has 1 atom stereocenters. The highest BCUT2D eigenvalue weighted by Gasteiger charge is 2.15. The maximum atomic E-state index is 3.65. The van der Waals surface area contributed by atoms with Gasteiger partial charge in [-0.1, -0.05) is 20.8 Å². The van der Waals surface area contributed by atoms with E-state index in [0.717, 1.165) is 12.5 Å². The van der Waals surface area contributed by atoms with E-state index in [1.165, 1.54) is 27.1 Å². The Balaban J connectivity index is 2.74. The summed E-state index contributed by atoms with van der Waals surface area (Å²) >= 11 is 5.48. The van der Waals surface area contributed by atoms with E-state index in [0.29, 0.717) is 6.04 Å². The molecular formula is C13H22BrNS. The van der Waals surface area contributed by atoms with Crippen LogP contribution in [0.2, 0.25) is 0 Å². The molecule has 0 saturated carbocycles. The summed E-state index contributed by atoms with van der Waals surface area (Å²) in [6.07, 6.45) is 2.41. The third-order valence-corrected chi connectivity index (χ3v) is 4.82. The Morgan fingerprint density at radius 1 is 1.44 bits per heavy atom. The Kier molecular flexibility index (Phi) is 6.01. The lowest BCUT2D eigenvalue weighted by atomic mass is 10.0. The van der Waals surface area contributed by atoms with E-state index in [1.54, 1.807) is 0 Å². The molecule has 1 aromatic rings. The molecule has 0 aliphatic rings. The van der Waals surface area contributed by atoms with Gasteiger partial charge in [-0.25, -0.2) is 0 Å². The SMILES string of the molecule is CCCNC(CC(C)C)c1cc(C)c(Br)s1. The molecule has 0 aromatic carbocycles. The summed E-state index contributed by atoms with van der Waals surface area (Å²) in [4.78, 5) is 1.46. The Morgan fingerprint density at radius 3 is 2.56 bits per heavy atom. The van der Waals surface area contributed by atoms with Gasteiger partial charge >= 0.3 is 0 Å². The molecule has 0 fully saturated rings. The monoisotopic (exact) mass is 303 g/mol. The molecule has 0 aliphatic carbocycles. The number of hydrogen-bond donors (Lipinski definition) is 1. The molecule has 1 N–H and O–H groups in total. The largest absolute Gasteiger partial charge is 0.309 e. The lowest BCUT2D eigenvalue weighted by Gasteiger charge is -2.19. The first-order valence-corrected chi connectivity index (χ1v) is 7.64. The second-order valence-electron chi connectivity index (χ2n) is 4.74. The molecule has 3 heteroatoms. The molecule has 0 bridgehead atoms. The van der Waals surface area contributed by atoms with Crippen LogP contribution in [0.3, 0.4) is 0 Å². The van der Waals surface area contributed by atoms with Crippen LogP contribution in [0.15, 0.2) is 9.85 Å². The summed E-state index contributed by atoms with van der Waals surface area (Å²) in [6, 6.07) is 2.83. The van der Waals surface area contributed by atoms with Gasteiger partial charge in [0.05, 0.1) is 3.79 Å². The van der Waals surface area contributed by atoms with E-state index in [-0.39, 0.29) is 0 Å². The summed E-state index contributed by atoms with van der Waals surface area (Å²) < 4.78 is 1.27. The third-order valence-electron chi connectivity index (χ3n) is 2.57. The minimum atomic E-state index is 0.523. The number of aryl methyl sites for hydroxylation is 1. The van der Waals surface area contributed by atoms with Crippen molar-refractivity contribution in [2.45, 2.75) is 46.6 Å². The quantitative estimate of drug-likeness (QED) is 0.787. The van der Waals surface area contributed by atoms with Gasteiger partial charge in [-0.3, -0.25) is 0 Å². The molecule has 0 spiro atoms. The maximum Gasteiger partial charge on any atom is 0.0731 e. The summed E-state index contributed by atoms with van der Waals surface area (Å²) in [5.74, 6) is 0.732. The minimum Gasteiger partial charge on any atom is -0.309 e. The zero-order chi connectivity index (χ0) is 12.1. The van der Waals surface area contributed by atoms with Crippen molar-refractivity contribution in [3.8, 4) is 0 Å². The Morgan fingerprint density at radius 2 is 2.12 bits per heavy atom. The van der Waals surface area contributed by atoms with Gasteiger partial charge in [-0.05, 0) is 59.8 Å². The number of hydrogen-bond acceptors (Lipinski definition) is 2. The van der Waals surface area contributed by atoms with E-state index in [2.05, 4.69) is 55.0 Å². The van der Waals surface area contributed by atoms with Gasteiger partial charge in [0.15, 0.2) is 0 Å². The highest BCUT2D eigenvalue weighted by atomic mass is 79.9. The molecule has 92 valence electrons. The summed E-state index contributed by atoms with van der Waals surface area (Å²) in [5.41, 5.74) is 1.35. The van der Waals surface area contributed by atoms with Gasteiger partial charge in [0, 0.05) is 10.9 Å². The standard InChI is InChI=1S/C13H22BrNS/c1-5-6-15-11(7-9(2)3)12-8-10(4)13(14)16-12/h8-9,11,15H,5-7H2,1-4H3. The molecule has 0 radical (unpaired) electrons. The lowest BCUT2D eigenvalue weighted by molar-refractivity contribution is 0.435. The summed E-state index contributed by atoms with van der Waals surface area (Å²) in [6.45, 7) is 10.1. The van der Waals surface area contributed by atoms with E-state index in [4.69, 9.17) is 0 Å². The molecule has 1 heterocycles. The van der Waals surface area contributed by atoms with Crippen molar-refractivity contribution < 1.29 is 0 Å². The van der Waals surface area contributed by atoms with Crippen molar-refractivity contribution in [3.05, 3.63) is 20.3 Å². The van der Waals surface area contributed by atoms with E-state index in [1.807, 2.05) is 11.3 Å². The number of thiophene rings is 1. The molecule has 0 aliphatic heterocycles. The van der Waals surface area contributed by atoms with Crippen molar-refractivity contribution in [1.82, 2.24) is 5.32 Å². The van der Waals surface area contributed by atoms with Crippen LogP contribution in [-0.4, -0.2) is 6.54 Å². The molecule has 1 unspecified atom stereocenters. The van der Waals surface area contributed by atoms with Crippen LogP contribution in [-0.2, 0) is 0 Å². The number of rotatable bonds is 6. The first-order valence-electron chi connectivity index (χ1n) is 6.03. The van der Waals surface area contributed by atoms with E-state index < -0.39 is 0 Å². The van der Waals surface area contributed by atoms with Crippen molar-refractivity contribution in [3.63, 3.8) is 0 Å². The molecule has 1 nitrogen and oxygen atoms in total. The van der Waals surface area contributed by atoms with E-state index >= 15 is 0 Å². The van der Waals surface area contributed by atoms with Gasteiger partial charge in [0.2, 0.25) is 0 Å². The maximum absolute atomic E-state index is 3.65. The highest BCUT2D eigenvalue weighted by molar-refractivity contribution is 9.11. The fourth-order valence-corrected chi connectivity index (χ4v) is 3.40. The van der Waals surface area contributed by atoms with Crippen LogP contribution in [0.5, 0.6) is 0 Å². The molecule has 0 saturated heterocycles. The fourth-order valence-electron chi connectivity index (χ4n) is 1.75. The predicted molar refractivity (Wildman–Crippen MR) is 77.2 cm³/mol. The van der Waals surface area contributed by atoms with E-state index in [9.17, 15) is 0 Å². The average molecular weight is 304 g/mol. The second kappa shape index (κ2) is 6.77. The Labute approximate surface area is 112 Å². The van der Waals surface area contributed by atoms with Gasteiger partial charge in [-0.2, -0.15) is 0 Å². The van der Waals surface area contributed by atoms with Crippen molar-refractivity contribution in [2.75, 3.05) is 6.54 Å². The zero-order valence-corrected chi connectivity index (χ0v) is 13.0. The van der Waals surface area contributed by atoms with Crippen LogP contribution in [0.4, 0.5) is 0 Å². The molecule has 0 amide bonds. The lowest BCUT2D eigenvalue weighted by Crippen LogP contribution is -2.22. The second-order valence-corrected chi connectivity index (χ2v) is 7.14. The number of halogens is 1. The molecular weight excluding hydrogens is 282 g/mol. The number of nitrogens with one attached hydrogen (secondary N) is 1. The van der Waals surface area contributed by atoms with Crippen LogP contribution in [0, 0.1) is 12.8 Å². The van der Waals surface area contributed by atoms with Crippen LogP contribution in [0.25, 0.3) is 0 Å². The van der Waals surface area contributed by atoms with Crippen molar-refractivity contribution in [1.29, 1.82) is 0 Å². The van der Waals surface area contributed by atoms with Gasteiger partial charge in [0.1, 0.15) is 0 Å². The van der Waals surface area contributed by atoms with Gasteiger partial charge in [-0.15, -0.1) is 11.3 Å². The van der Waals surface area contributed by atoms with Gasteiger partial charge in [0.25, 0.3) is 0 Å². The normalized spacial score (nSPS) is 13.4. The van der Waals surface area contributed by atoms with Crippen LogP contribution < -0.4 is 5.32 Å². The first kappa shape index (κ1) is 14.2. The Hall–Kier alpha value is 0.140. The van der Waals surface area contributed by atoms with Crippen molar-refractivity contribution >= 4 is 27.3 Å². The fraction of sp³-hybridized carbons (Fsp3) is 0.692. The van der Waals surface area contributed by atoms with Crippen molar-refractivity contribution in [2.24, 2.45) is 5.92 Å². The molecule has 1 rings (SSSR count). The topological polar surface area (TPSA) is 12.0 Å². The molecule has 16 heavy (non-hydrogen) atoms. The Bertz CT molecular complexity index is 300. The third kappa shape index (κ3) is 4.19. The van der Waals surface area contributed by atoms with Crippen LogP contribution >= 0.6 is 27.3 Å². The summed E-state index contributed by atoms with van der Waals surface area (Å²) in [7, 11) is 0. The first-order chi connectivity index (χ1) is 7.54. The zero-order valence-electron chi connectivity index (χ0n) is 10.6.